The first-order valence-corrected chi connectivity index (χ1v) is 10.7. The Morgan fingerprint density at radius 3 is 2.48 bits per heavy atom. The number of benzene rings is 2. The minimum Gasteiger partial charge on any atom is -0.465 e. The summed E-state index contributed by atoms with van der Waals surface area (Å²) in [7, 11) is 1.33. The third-order valence-electron chi connectivity index (χ3n) is 3.71. The number of amides is 1. The molecule has 29 heavy (non-hydrogen) atoms. The molecule has 6 nitrogen and oxygen atoms in total. The molecule has 0 bridgehead atoms. The largest absolute Gasteiger partial charge is 0.465 e. The molecule has 1 amide bonds. The molecule has 150 valence electrons. The zero-order valence-corrected chi connectivity index (χ0v) is 18.0. The standard InChI is InChI=1S/C20H17N3O3S.H2S2/c1-26-19(25)15-9-5-8-14(10-15)17-12-27-20(22-17)23-18(24)11-16(21)13-6-3-2-4-7-13;1-2/h2-12H,21H2,1H3,(H,22,23,24);1-2H/b16-11-;. The van der Waals surface area contributed by atoms with Gasteiger partial charge in [-0.25, -0.2) is 9.78 Å². The number of nitrogens with one attached hydrogen (secondary N) is 1. The Morgan fingerprint density at radius 2 is 1.79 bits per heavy atom. The van der Waals surface area contributed by atoms with E-state index in [1.807, 2.05) is 36.4 Å². The predicted molar refractivity (Wildman–Crippen MR) is 124 cm³/mol. The van der Waals surface area contributed by atoms with Gasteiger partial charge in [-0.3, -0.25) is 10.1 Å². The van der Waals surface area contributed by atoms with Gasteiger partial charge in [0.05, 0.1) is 18.4 Å². The topological polar surface area (TPSA) is 94.3 Å². The number of methoxy groups -OCH3 is 1. The van der Waals surface area contributed by atoms with Crippen molar-refractivity contribution in [2.75, 3.05) is 12.4 Å². The molecule has 3 rings (SSSR count). The van der Waals surface area contributed by atoms with Crippen molar-refractivity contribution in [3.05, 3.63) is 77.2 Å². The summed E-state index contributed by atoms with van der Waals surface area (Å²) in [5, 5.41) is 4.94. The Hall–Kier alpha value is -2.75. The van der Waals surface area contributed by atoms with E-state index in [-0.39, 0.29) is 5.91 Å². The predicted octanol–water partition coefficient (Wildman–Crippen LogP) is 4.30. The van der Waals surface area contributed by atoms with E-state index < -0.39 is 5.97 Å². The van der Waals surface area contributed by atoms with Crippen molar-refractivity contribution in [2.45, 2.75) is 0 Å². The van der Waals surface area contributed by atoms with E-state index >= 15 is 0 Å². The normalized spacial score (nSPS) is 10.5. The number of thiazole rings is 1. The number of ether oxygens (including phenoxy) is 1. The Bertz CT molecular complexity index is 1000. The van der Waals surface area contributed by atoms with Crippen LogP contribution in [-0.2, 0) is 9.53 Å². The first-order valence-electron chi connectivity index (χ1n) is 8.24. The van der Waals surface area contributed by atoms with E-state index in [0.717, 1.165) is 11.1 Å². The van der Waals surface area contributed by atoms with Crippen LogP contribution in [0.15, 0.2) is 66.1 Å². The van der Waals surface area contributed by atoms with Crippen LogP contribution in [0.4, 0.5) is 5.13 Å². The van der Waals surface area contributed by atoms with Gasteiger partial charge in [0.15, 0.2) is 5.13 Å². The van der Waals surface area contributed by atoms with Gasteiger partial charge in [-0.05, 0) is 17.7 Å². The molecule has 1 heterocycles. The van der Waals surface area contributed by atoms with Crippen LogP contribution in [0.3, 0.4) is 0 Å². The molecule has 0 atom stereocenters. The lowest BCUT2D eigenvalue weighted by Gasteiger charge is -2.02. The molecule has 0 fully saturated rings. The lowest BCUT2D eigenvalue weighted by Crippen LogP contribution is -2.10. The fourth-order valence-corrected chi connectivity index (χ4v) is 3.11. The molecule has 0 unspecified atom stereocenters. The van der Waals surface area contributed by atoms with Crippen molar-refractivity contribution in [3.8, 4) is 11.3 Å². The molecule has 0 aliphatic carbocycles. The number of nitrogens with zero attached hydrogens (tertiary/aromatic N) is 1. The number of carbonyl (C=O) groups excluding carboxylic acids is 2. The Kier molecular flexibility index (Phi) is 8.78. The summed E-state index contributed by atoms with van der Waals surface area (Å²) in [5.41, 5.74) is 8.93. The van der Waals surface area contributed by atoms with Crippen LogP contribution < -0.4 is 11.1 Å². The fraction of sp³-hybridized carbons (Fsp3) is 0.0500. The Morgan fingerprint density at radius 1 is 1.10 bits per heavy atom. The van der Waals surface area contributed by atoms with Crippen molar-refractivity contribution < 1.29 is 14.3 Å². The van der Waals surface area contributed by atoms with E-state index in [4.69, 9.17) is 10.5 Å². The number of aromatic nitrogens is 1. The third kappa shape index (κ3) is 6.38. The quantitative estimate of drug-likeness (QED) is 0.203. The highest BCUT2D eigenvalue weighted by Gasteiger charge is 2.10. The highest BCUT2D eigenvalue weighted by Crippen LogP contribution is 2.26. The fourth-order valence-electron chi connectivity index (χ4n) is 2.38. The van der Waals surface area contributed by atoms with E-state index in [2.05, 4.69) is 33.6 Å². The smallest absolute Gasteiger partial charge is 0.337 e. The van der Waals surface area contributed by atoms with Gasteiger partial charge in [0.2, 0.25) is 0 Å². The average Bonchev–Trinajstić information content (AvgIpc) is 3.23. The molecule has 2 aromatic carbocycles. The molecule has 1 aromatic heterocycles. The van der Waals surface area contributed by atoms with Gasteiger partial charge in [0, 0.05) is 22.7 Å². The molecule has 0 radical (unpaired) electrons. The van der Waals surface area contributed by atoms with Gasteiger partial charge in [0.1, 0.15) is 0 Å². The van der Waals surface area contributed by atoms with Crippen LogP contribution >= 0.6 is 34.7 Å². The van der Waals surface area contributed by atoms with E-state index in [1.54, 1.807) is 23.6 Å². The lowest BCUT2D eigenvalue weighted by molar-refractivity contribution is -0.111. The van der Waals surface area contributed by atoms with Gasteiger partial charge in [-0.15, -0.1) is 34.7 Å². The number of hydrogen-bond donors (Lipinski definition) is 4. The maximum absolute atomic E-state index is 12.2. The number of esters is 1. The van der Waals surface area contributed by atoms with Gasteiger partial charge in [-0.1, -0.05) is 42.5 Å². The lowest BCUT2D eigenvalue weighted by atomic mass is 10.1. The van der Waals surface area contributed by atoms with E-state index in [9.17, 15) is 9.59 Å². The second-order valence-electron chi connectivity index (χ2n) is 5.57. The van der Waals surface area contributed by atoms with Gasteiger partial charge < -0.3 is 10.5 Å². The van der Waals surface area contributed by atoms with Crippen molar-refractivity contribution in [1.82, 2.24) is 4.98 Å². The van der Waals surface area contributed by atoms with Crippen LogP contribution in [0, 0.1) is 0 Å². The molecule has 9 heteroatoms. The van der Waals surface area contributed by atoms with Crippen LogP contribution in [0.25, 0.3) is 17.0 Å². The molecule has 0 aliphatic heterocycles. The molecular formula is C20H19N3O3S3. The molecule has 0 spiro atoms. The second-order valence-corrected chi connectivity index (χ2v) is 6.42. The minimum atomic E-state index is -0.415. The van der Waals surface area contributed by atoms with Gasteiger partial charge in [0.25, 0.3) is 5.91 Å². The molecule has 3 N–H and O–H groups in total. The van der Waals surface area contributed by atoms with Crippen LogP contribution in [0.5, 0.6) is 0 Å². The van der Waals surface area contributed by atoms with Crippen molar-refractivity contribution in [1.29, 1.82) is 0 Å². The van der Waals surface area contributed by atoms with E-state index in [1.165, 1.54) is 24.5 Å². The Labute approximate surface area is 183 Å². The number of carbonyl (C=O) groups is 2. The van der Waals surface area contributed by atoms with Crippen LogP contribution in [0.1, 0.15) is 15.9 Å². The first-order chi connectivity index (χ1) is 14.1. The molecule has 0 saturated heterocycles. The first kappa shape index (κ1) is 22.5. The number of hydrogen-bond acceptors (Lipinski definition) is 8. The molecule has 0 aliphatic rings. The maximum atomic E-state index is 12.2. The SMILES string of the molecule is COC(=O)c1cccc(-c2csc(NC(=O)/C=C(\N)c3ccccc3)n2)c1.SS. The highest BCUT2D eigenvalue weighted by molar-refractivity contribution is 8.59. The zero-order chi connectivity index (χ0) is 21.2. The Balaban J connectivity index is 0.00000145. The number of thiol groups is 2. The number of anilines is 1. The highest BCUT2D eigenvalue weighted by atomic mass is 33.1. The zero-order valence-electron chi connectivity index (χ0n) is 15.4. The summed E-state index contributed by atoms with van der Waals surface area (Å²) in [6, 6.07) is 16.2. The summed E-state index contributed by atoms with van der Waals surface area (Å²) < 4.78 is 4.73. The molecule has 0 saturated carbocycles. The van der Waals surface area contributed by atoms with Gasteiger partial charge >= 0.3 is 5.97 Å². The third-order valence-corrected chi connectivity index (χ3v) is 4.47. The van der Waals surface area contributed by atoms with Crippen molar-refractivity contribution in [3.63, 3.8) is 0 Å². The van der Waals surface area contributed by atoms with Crippen molar-refractivity contribution >= 4 is 57.4 Å². The van der Waals surface area contributed by atoms with Crippen molar-refractivity contribution in [2.24, 2.45) is 5.73 Å². The summed E-state index contributed by atoms with van der Waals surface area (Å²) in [5.74, 6) is -0.775. The summed E-state index contributed by atoms with van der Waals surface area (Å²) in [6.07, 6.45) is 1.33. The monoisotopic (exact) mass is 445 g/mol. The number of nitrogens with two attached hydrogens (primary N) is 1. The summed E-state index contributed by atoms with van der Waals surface area (Å²) >= 11 is 7.73. The van der Waals surface area contributed by atoms with E-state index in [0.29, 0.717) is 22.1 Å². The van der Waals surface area contributed by atoms with Gasteiger partial charge in [-0.2, -0.15) is 0 Å². The van der Waals surface area contributed by atoms with Crippen LogP contribution in [-0.4, -0.2) is 24.0 Å². The summed E-state index contributed by atoms with van der Waals surface area (Å²) in [6.45, 7) is 0. The maximum Gasteiger partial charge on any atom is 0.337 e. The minimum absolute atomic E-state index is 0.361. The average molecular weight is 446 g/mol. The molecule has 3 aromatic rings. The molecular weight excluding hydrogens is 426 g/mol. The van der Waals surface area contributed by atoms with Crippen LogP contribution in [0.2, 0.25) is 0 Å². The number of rotatable bonds is 5. The second kappa shape index (κ2) is 11.3. The summed E-state index contributed by atoms with van der Waals surface area (Å²) in [4.78, 5) is 28.2.